The molecule has 0 saturated carbocycles. The third kappa shape index (κ3) is 5.24. The number of anilines is 2. The van der Waals surface area contributed by atoms with Gasteiger partial charge in [-0.2, -0.15) is 13.2 Å². The molecule has 1 atom stereocenters. The van der Waals surface area contributed by atoms with Gasteiger partial charge >= 0.3 is 6.18 Å². The number of nitrogens with zero attached hydrogens (tertiary/aromatic N) is 2. The molecule has 1 aliphatic rings. The molecular formula is C22H27F3N4O. The highest BCUT2D eigenvalue weighted by molar-refractivity contribution is 5.80. The van der Waals surface area contributed by atoms with E-state index >= 15 is 0 Å². The number of alkyl halides is 3. The molecule has 0 aromatic heterocycles. The maximum atomic E-state index is 13.0. The summed E-state index contributed by atoms with van der Waals surface area (Å²) in [5.41, 5.74) is 12.8. The van der Waals surface area contributed by atoms with E-state index in [9.17, 15) is 18.0 Å². The lowest BCUT2D eigenvalue weighted by molar-refractivity contribution is -0.137. The Morgan fingerprint density at radius 3 is 2.43 bits per heavy atom. The summed E-state index contributed by atoms with van der Waals surface area (Å²) in [5.74, 6) is -0.215. The van der Waals surface area contributed by atoms with E-state index in [2.05, 4.69) is 4.90 Å². The van der Waals surface area contributed by atoms with Crippen LogP contribution >= 0.6 is 0 Å². The lowest BCUT2D eigenvalue weighted by Crippen LogP contribution is -2.39. The van der Waals surface area contributed by atoms with Gasteiger partial charge in [-0.05, 0) is 61.3 Å². The van der Waals surface area contributed by atoms with Crippen molar-refractivity contribution in [3.05, 3.63) is 59.2 Å². The van der Waals surface area contributed by atoms with Gasteiger partial charge in [-0.3, -0.25) is 4.79 Å². The first-order valence-electron chi connectivity index (χ1n) is 9.94. The zero-order valence-electron chi connectivity index (χ0n) is 17.0. The average molecular weight is 420 g/mol. The van der Waals surface area contributed by atoms with E-state index in [4.69, 9.17) is 11.5 Å². The average Bonchev–Trinajstić information content (AvgIpc) is 3.19. The summed E-state index contributed by atoms with van der Waals surface area (Å²) < 4.78 is 38.6. The van der Waals surface area contributed by atoms with Gasteiger partial charge < -0.3 is 21.3 Å². The number of carbonyl (C=O) groups excluding carboxylic acids is 1. The predicted molar refractivity (Wildman–Crippen MR) is 112 cm³/mol. The minimum Gasteiger partial charge on any atom is -0.399 e. The molecule has 8 heteroatoms. The maximum Gasteiger partial charge on any atom is 0.416 e. The fourth-order valence-electron chi connectivity index (χ4n) is 3.82. The van der Waals surface area contributed by atoms with Crippen LogP contribution in [0.2, 0.25) is 0 Å². The Labute approximate surface area is 174 Å². The summed E-state index contributed by atoms with van der Waals surface area (Å²) in [5, 5.41) is 0. The highest BCUT2D eigenvalue weighted by atomic mass is 19.4. The lowest BCUT2D eigenvalue weighted by Gasteiger charge is -2.32. The Morgan fingerprint density at radius 2 is 1.83 bits per heavy atom. The fourth-order valence-corrected chi connectivity index (χ4v) is 3.82. The molecule has 5 nitrogen and oxygen atoms in total. The number of halogens is 3. The van der Waals surface area contributed by atoms with E-state index in [1.54, 1.807) is 18.0 Å². The van der Waals surface area contributed by atoms with E-state index in [0.29, 0.717) is 17.8 Å². The number of carbonyl (C=O) groups is 1. The van der Waals surface area contributed by atoms with E-state index in [1.165, 1.54) is 6.07 Å². The molecule has 1 saturated heterocycles. The second kappa shape index (κ2) is 8.95. The summed E-state index contributed by atoms with van der Waals surface area (Å²) in [4.78, 5) is 17.0. The van der Waals surface area contributed by atoms with Crippen LogP contribution in [0.3, 0.4) is 0 Å². The summed E-state index contributed by atoms with van der Waals surface area (Å²) in [6, 6.07) is 10.3. The lowest BCUT2D eigenvalue weighted by atomic mass is 10.0. The molecule has 0 aliphatic carbocycles. The second-order valence-corrected chi connectivity index (χ2v) is 7.79. The van der Waals surface area contributed by atoms with Gasteiger partial charge in [0.15, 0.2) is 0 Å². The van der Waals surface area contributed by atoms with E-state index in [-0.39, 0.29) is 24.1 Å². The molecule has 0 unspecified atom stereocenters. The van der Waals surface area contributed by atoms with Crippen LogP contribution in [0, 0.1) is 0 Å². The van der Waals surface area contributed by atoms with Gasteiger partial charge in [-0.1, -0.05) is 18.2 Å². The number of hydrogen-bond donors (Lipinski definition) is 2. The van der Waals surface area contributed by atoms with Gasteiger partial charge in [-0.15, -0.1) is 0 Å². The Hall–Kier alpha value is -2.74. The van der Waals surface area contributed by atoms with E-state index in [0.717, 1.165) is 43.6 Å². The number of amides is 1. The number of likely N-dealkylation sites (tertiary alicyclic amines) is 1. The highest BCUT2D eigenvalue weighted by Gasteiger charge is 2.31. The molecule has 162 valence electrons. The van der Waals surface area contributed by atoms with Gasteiger partial charge in [0.2, 0.25) is 5.91 Å². The molecule has 0 bridgehead atoms. The van der Waals surface area contributed by atoms with Crippen molar-refractivity contribution in [2.75, 3.05) is 38.1 Å². The molecule has 3 rings (SSSR count). The molecule has 4 N–H and O–H groups in total. The van der Waals surface area contributed by atoms with Gasteiger partial charge in [0, 0.05) is 25.0 Å². The predicted octanol–water partition coefficient (Wildman–Crippen LogP) is 3.71. The fraction of sp³-hybridized carbons (Fsp3) is 0.409. The number of likely N-dealkylation sites (N-methyl/N-ethyl adjacent to an activating group) is 1. The normalized spacial score (nSPS) is 15.9. The standard InChI is InChI=1S/C22H27F3N4O/c1-28(21(30)12-15-7-8-17(13-19(15)27)22(23,24)25)20(14-29-9-2-3-10-29)16-5-4-6-18(26)11-16/h4-8,11,13,20H,2-3,9-10,12,14,26-27H2,1H3/t20-/m1/s1. The van der Waals surface area contributed by atoms with Crippen molar-refractivity contribution in [1.82, 2.24) is 9.80 Å². The molecule has 1 fully saturated rings. The Kier molecular flexibility index (Phi) is 6.55. The topological polar surface area (TPSA) is 75.6 Å². The summed E-state index contributed by atoms with van der Waals surface area (Å²) in [6.07, 6.45) is -2.28. The third-order valence-corrected chi connectivity index (χ3v) is 5.60. The Balaban J connectivity index is 1.79. The number of hydrogen-bond acceptors (Lipinski definition) is 4. The molecule has 0 spiro atoms. The molecule has 1 amide bonds. The zero-order chi connectivity index (χ0) is 21.9. The minimum atomic E-state index is -4.47. The smallest absolute Gasteiger partial charge is 0.399 e. The Bertz CT molecular complexity index is 894. The number of rotatable bonds is 6. The number of nitrogens with two attached hydrogens (primary N) is 2. The molecular weight excluding hydrogens is 393 g/mol. The van der Waals surface area contributed by atoms with Crippen molar-refractivity contribution in [2.45, 2.75) is 31.5 Å². The molecule has 1 heterocycles. The van der Waals surface area contributed by atoms with E-state index < -0.39 is 11.7 Å². The van der Waals surface area contributed by atoms with Crippen LogP contribution in [-0.2, 0) is 17.4 Å². The zero-order valence-corrected chi connectivity index (χ0v) is 17.0. The van der Waals surface area contributed by atoms with Crippen LogP contribution in [0.4, 0.5) is 24.5 Å². The second-order valence-electron chi connectivity index (χ2n) is 7.79. The first-order valence-corrected chi connectivity index (χ1v) is 9.94. The van der Waals surface area contributed by atoms with Crippen molar-refractivity contribution < 1.29 is 18.0 Å². The van der Waals surface area contributed by atoms with Crippen molar-refractivity contribution in [1.29, 1.82) is 0 Å². The highest BCUT2D eigenvalue weighted by Crippen LogP contribution is 2.32. The summed E-state index contributed by atoms with van der Waals surface area (Å²) in [7, 11) is 1.71. The van der Waals surface area contributed by atoms with Crippen LogP contribution in [0.15, 0.2) is 42.5 Å². The van der Waals surface area contributed by atoms with Gasteiger partial charge in [0.05, 0.1) is 18.0 Å². The van der Waals surface area contributed by atoms with Crippen LogP contribution in [0.25, 0.3) is 0 Å². The molecule has 2 aromatic carbocycles. The third-order valence-electron chi connectivity index (χ3n) is 5.60. The number of benzene rings is 2. The quantitative estimate of drug-likeness (QED) is 0.699. The van der Waals surface area contributed by atoms with Gasteiger partial charge in [0.25, 0.3) is 0 Å². The molecule has 0 radical (unpaired) electrons. The SMILES string of the molecule is CN(C(=O)Cc1ccc(C(F)(F)F)cc1N)[C@H](CN1CCCC1)c1cccc(N)c1. The van der Waals surface area contributed by atoms with Crippen molar-refractivity contribution in [3.8, 4) is 0 Å². The van der Waals surface area contributed by atoms with E-state index in [1.807, 2.05) is 18.2 Å². The Morgan fingerprint density at radius 1 is 1.13 bits per heavy atom. The first-order chi connectivity index (χ1) is 14.1. The molecule has 1 aliphatic heterocycles. The molecule has 2 aromatic rings. The number of nitrogen functional groups attached to an aromatic ring is 2. The van der Waals surface area contributed by atoms with Crippen molar-refractivity contribution >= 4 is 17.3 Å². The summed E-state index contributed by atoms with van der Waals surface area (Å²) >= 11 is 0. The maximum absolute atomic E-state index is 13.0. The first kappa shape index (κ1) is 22.0. The molecule has 30 heavy (non-hydrogen) atoms. The minimum absolute atomic E-state index is 0.0355. The van der Waals surface area contributed by atoms with Crippen LogP contribution in [-0.4, -0.2) is 42.4 Å². The van der Waals surface area contributed by atoms with Crippen LogP contribution < -0.4 is 11.5 Å². The monoisotopic (exact) mass is 420 g/mol. The largest absolute Gasteiger partial charge is 0.416 e. The van der Waals surface area contributed by atoms with Gasteiger partial charge in [0.1, 0.15) is 0 Å². The van der Waals surface area contributed by atoms with Crippen molar-refractivity contribution in [3.63, 3.8) is 0 Å². The van der Waals surface area contributed by atoms with Crippen LogP contribution in [0.5, 0.6) is 0 Å². The van der Waals surface area contributed by atoms with Crippen LogP contribution in [0.1, 0.15) is 35.6 Å². The summed E-state index contributed by atoms with van der Waals surface area (Å²) in [6.45, 7) is 2.63. The van der Waals surface area contributed by atoms with Crippen molar-refractivity contribution in [2.24, 2.45) is 0 Å². The van der Waals surface area contributed by atoms with Gasteiger partial charge in [-0.25, -0.2) is 0 Å².